The Morgan fingerprint density at radius 1 is 1.50 bits per heavy atom. The molecule has 1 aliphatic rings. The molecule has 3 rings (SSSR count). The van der Waals surface area contributed by atoms with Crippen molar-refractivity contribution in [1.82, 2.24) is 14.5 Å². The lowest BCUT2D eigenvalue weighted by atomic mass is 10.2. The third kappa shape index (κ3) is 1.67. The maximum Gasteiger partial charge on any atom is 0.257 e. The summed E-state index contributed by atoms with van der Waals surface area (Å²) >= 11 is 0. The number of hydrogen-bond donors (Lipinski definition) is 1. The molecule has 2 aromatic heterocycles. The van der Waals surface area contributed by atoms with Crippen LogP contribution >= 0.6 is 0 Å². The Balaban J connectivity index is 1.97. The molecule has 0 bridgehead atoms. The van der Waals surface area contributed by atoms with E-state index in [2.05, 4.69) is 5.10 Å². The lowest BCUT2D eigenvalue weighted by molar-refractivity contribution is 0.0743. The maximum absolute atomic E-state index is 12.5. The number of amides is 1. The lowest BCUT2D eigenvalue weighted by Gasteiger charge is -2.22. The van der Waals surface area contributed by atoms with Gasteiger partial charge in [-0.05, 0) is 25.0 Å². The minimum absolute atomic E-state index is 0.0455. The first-order valence-corrected chi connectivity index (χ1v) is 6.24. The van der Waals surface area contributed by atoms with Crippen molar-refractivity contribution in [3.05, 3.63) is 36.2 Å². The van der Waals surface area contributed by atoms with Crippen LogP contribution in [-0.2, 0) is 0 Å². The van der Waals surface area contributed by atoms with Gasteiger partial charge in [0.1, 0.15) is 0 Å². The molecule has 0 spiro atoms. The van der Waals surface area contributed by atoms with Crippen LogP contribution in [-0.4, -0.2) is 39.6 Å². The number of rotatable bonds is 2. The maximum atomic E-state index is 12.5. The molecule has 1 saturated heterocycles. The number of hydrogen-bond acceptors (Lipinski definition) is 3. The van der Waals surface area contributed by atoms with Crippen molar-refractivity contribution >= 4 is 11.4 Å². The smallest absolute Gasteiger partial charge is 0.257 e. The van der Waals surface area contributed by atoms with Gasteiger partial charge >= 0.3 is 0 Å². The number of fused-ring (bicyclic) bond motifs is 1. The van der Waals surface area contributed by atoms with Gasteiger partial charge in [0.2, 0.25) is 0 Å². The van der Waals surface area contributed by atoms with Crippen molar-refractivity contribution in [3.8, 4) is 0 Å². The minimum atomic E-state index is 0.0455. The Hall–Kier alpha value is -1.88. The van der Waals surface area contributed by atoms with Crippen molar-refractivity contribution in [2.75, 3.05) is 13.1 Å². The molecule has 0 aliphatic carbocycles. The molecule has 0 saturated carbocycles. The molecule has 94 valence electrons. The van der Waals surface area contributed by atoms with E-state index in [0.29, 0.717) is 12.1 Å². The first-order chi connectivity index (χ1) is 8.81. The Labute approximate surface area is 105 Å². The van der Waals surface area contributed by atoms with Gasteiger partial charge in [-0.1, -0.05) is 6.07 Å². The predicted octanol–water partition coefficient (Wildman–Crippen LogP) is 0.898. The molecule has 5 heteroatoms. The van der Waals surface area contributed by atoms with Crippen molar-refractivity contribution in [2.24, 2.45) is 5.73 Å². The van der Waals surface area contributed by atoms with E-state index in [1.165, 1.54) is 0 Å². The average molecular weight is 244 g/mol. The van der Waals surface area contributed by atoms with E-state index in [1.54, 1.807) is 10.7 Å². The number of nitrogens with two attached hydrogens (primary N) is 1. The molecule has 1 atom stereocenters. The Kier molecular flexibility index (Phi) is 2.76. The Morgan fingerprint density at radius 3 is 3.22 bits per heavy atom. The Morgan fingerprint density at radius 2 is 2.39 bits per heavy atom. The van der Waals surface area contributed by atoms with Crippen LogP contribution < -0.4 is 5.73 Å². The summed E-state index contributed by atoms with van der Waals surface area (Å²) < 4.78 is 1.72. The average Bonchev–Trinajstić information content (AvgIpc) is 3.04. The van der Waals surface area contributed by atoms with Crippen LogP contribution in [0.25, 0.3) is 5.52 Å². The number of aromatic nitrogens is 2. The molecule has 1 amide bonds. The zero-order valence-electron chi connectivity index (χ0n) is 10.1. The molecule has 18 heavy (non-hydrogen) atoms. The summed E-state index contributed by atoms with van der Waals surface area (Å²) in [6, 6.07) is 5.90. The lowest BCUT2D eigenvalue weighted by Crippen LogP contribution is -2.39. The van der Waals surface area contributed by atoms with Gasteiger partial charge in [-0.3, -0.25) is 4.79 Å². The molecule has 0 aromatic carbocycles. The van der Waals surface area contributed by atoms with E-state index >= 15 is 0 Å². The molecule has 2 N–H and O–H groups in total. The summed E-state index contributed by atoms with van der Waals surface area (Å²) in [5.41, 5.74) is 7.23. The fourth-order valence-electron chi connectivity index (χ4n) is 2.60. The highest BCUT2D eigenvalue weighted by molar-refractivity contribution is 6.00. The fraction of sp³-hybridized carbons (Fsp3) is 0.385. The normalized spacial score (nSPS) is 19.6. The van der Waals surface area contributed by atoms with Gasteiger partial charge in [0.05, 0.1) is 17.3 Å². The Bertz CT molecular complexity index is 577. The monoisotopic (exact) mass is 244 g/mol. The zero-order chi connectivity index (χ0) is 12.5. The molecule has 1 fully saturated rings. The molecular formula is C13H16N4O. The minimum Gasteiger partial charge on any atom is -0.334 e. The number of carbonyl (C=O) groups is 1. The highest BCUT2D eigenvalue weighted by atomic mass is 16.2. The number of carbonyl (C=O) groups excluding carboxylic acids is 1. The third-order valence-corrected chi connectivity index (χ3v) is 3.57. The first-order valence-electron chi connectivity index (χ1n) is 6.24. The molecule has 3 heterocycles. The van der Waals surface area contributed by atoms with E-state index < -0.39 is 0 Å². The van der Waals surface area contributed by atoms with Gasteiger partial charge in [-0.15, -0.1) is 0 Å². The zero-order valence-corrected chi connectivity index (χ0v) is 10.1. The largest absolute Gasteiger partial charge is 0.334 e. The molecule has 5 nitrogen and oxygen atoms in total. The topological polar surface area (TPSA) is 63.6 Å². The molecule has 0 radical (unpaired) electrons. The van der Waals surface area contributed by atoms with Gasteiger partial charge in [0, 0.05) is 25.3 Å². The summed E-state index contributed by atoms with van der Waals surface area (Å²) in [5, 5.41) is 4.20. The van der Waals surface area contributed by atoms with Crippen LogP contribution in [0.2, 0.25) is 0 Å². The second kappa shape index (κ2) is 4.42. The van der Waals surface area contributed by atoms with Gasteiger partial charge in [0.15, 0.2) is 0 Å². The summed E-state index contributed by atoms with van der Waals surface area (Å²) in [5.74, 6) is 0.0455. The third-order valence-electron chi connectivity index (χ3n) is 3.57. The summed E-state index contributed by atoms with van der Waals surface area (Å²) in [6.45, 7) is 1.33. The van der Waals surface area contributed by atoms with Gasteiger partial charge in [-0.25, -0.2) is 4.52 Å². The highest BCUT2D eigenvalue weighted by Gasteiger charge is 2.29. The number of pyridine rings is 1. The van der Waals surface area contributed by atoms with Crippen molar-refractivity contribution < 1.29 is 4.79 Å². The van der Waals surface area contributed by atoms with E-state index in [-0.39, 0.29) is 11.9 Å². The van der Waals surface area contributed by atoms with Crippen LogP contribution in [0.15, 0.2) is 30.6 Å². The molecule has 1 aliphatic heterocycles. The summed E-state index contributed by atoms with van der Waals surface area (Å²) in [4.78, 5) is 14.4. The fourth-order valence-corrected chi connectivity index (χ4v) is 2.60. The van der Waals surface area contributed by atoms with Crippen LogP contribution in [0.3, 0.4) is 0 Å². The predicted molar refractivity (Wildman–Crippen MR) is 68.3 cm³/mol. The van der Waals surface area contributed by atoms with Crippen molar-refractivity contribution in [1.29, 1.82) is 0 Å². The van der Waals surface area contributed by atoms with Crippen LogP contribution in [0.4, 0.5) is 0 Å². The van der Waals surface area contributed by atoms with E-state index in [1.807, 2.05) is 29.3 Å². The van der Waals surface area contributed by atoms with E-state index in [9.17, 15) is 4.79 Å². The molecule has 2 aromatic rings. The van der Waals surface area contributed by atoms with Crippen molar-refractivity contribution in [2.45, 2.75) is 18.9 Å². The van der Waals surface area contributed by atoms with Gasteiger partial charge in [-0.2, -0.15) is 5.10 Å². The highest BCUT2D eigenvalue weighted by Crippen LogP contribution is 2.21. The SMILES string of the molecule is NCC1CCCN1C(=O)c1cnn2ccccc12. The second-order valence-electron chi connectivity index (χ2n) is 4.62. The first kappa shape index (κ1) is 11.2. The van der Waals surface area contributed by atoms with Crippen LogP contribution in [0.1, 0.15) is 23.2 Å². The quantitative estimate of drug-likeness (QED) is 0.853. The number of likely N-dealkylation sites (tertiary alicyclic amines) is 1. The number of nitrogens with zero attached hydrogens (tertiary/aromatic N) is 3. The van der Waals surface area contributed by atoms with Crippen LogP contribution in [0, 0.1) is 0 Å². The molecular weight excluding hydrogens is 228 g/mol. The second-order valence-corrected chi connectivity index (χ2v) is 4.62. The standard InChI is InChI=1S/C13H16N4O/c14-8-10-4-3-6-16(10)13(18)11-9-15-17-7-2-1-5-12(11)17/h1-2,5,7,9-10H,3-4,6,8,14H2. The van der Waals surface area contributed by atoms with E-state index in [4.69, 9.17) is 5.73 Å². The summed E-state index contributed by atoms with van der Waals surface area (Å²) in [7, 11) is 0. The van der Waals surface area contributed by atoms with Gasteiger partial charge in [0.25, 0.3) is 5.91 Å². The summed E-state index contributed by atoms with van der Waals surface area (Å²) in [6.07, 6.45) is 5.52. The van der Waals surface area contributed by atoms with E-state index in [0.717, 1.165) is 24.9 Å². The van der Waals surface area contributed by atoms with Gasteiger partial charge < -0.3 is 10.6 Å². The van der Waals surface area contributed by atoms with Crippen molar-refractivity contribution in [3.63, 3.8) is 0 Å². The van der Waals surface area contributed by atoms with Crippen LogP contribution in [0.5, 0.6) is 0 Å². The molecule has 1 unspecified atom stereocenters.